The minimum atomic E-state index is 0.323. The van der Waals surface area contributed by atoms with Crippen molar-refractivity contribution in [1.29, 1.82) is 0 Å². The van der Waals surface area contributed by atoms with Gasteiger partial charge in [-0.25, -0.2) is 0 Å². The smallest absolute Gasteiger partial charge is 0.0434 e. The van der Waals surface area contributed by atoms with Crippen molar-refractivity contribution in [3.05, 3.63) is 29.3 Å². The monoisotopic (exact) mass is 274 g/mol. The predicted octanol–water partition coefficient (Wildman–Crippen LogP) is 2.46. The Labute approximate surface area is 122 Å². The van der Waals surface area contributed by atoms with Crippen molar-refractivity contribution in [2.75, 3.05) is 24.6 Å². The van der Waals surface area contributed by atoms with Crippen molar-refractivity contribution >= 4 is 5.69 Å². The van der Waals surface area contributed by atoms with Gasteiger partial charge in [-0.1, -0.05) is 12.1 Å². The molecule has 0 aromatic heterocycles. The van der Waals surface area contributed by atoms with Gasteiger partial charge < -0.3 is 15.3 Å². The average Bonchev–Trinajstić information content (AvgIpc) is 3.16. The first-order chi connectivity index (χ1) is 9.76. The molecule has 1 heterocycles. The normalized spacial score (nSPS) is 22.5. The summed E-state index contributed by atoms with van der Waals surface area (Å²) in [6, 6.07) is 7.63. The van der Waals surface area contributed by atoms with Crippen LogP contribution < -0.4 is 10.2 Å². The summed E-state index contributed by atoms with van der Waals surface area (Å²) in [4.78, 5) is 2.48. The average molecular weight is 274 g/mol. The van der Waals surface area contributed by atoms with Crippen molar-refractivity contribution in [3.8, 4) is 0 Å². The molecule has 1 aromatic rings. The molecule has 1 saturated heterocycles. The third-order valence-electron chi connectivity index (χ3n) is 4.60. The van der Waals surface area contributed by atoms with E-state index in [4.69, 9.17) is 5.11 Å². The molecule has 2 aliphatic rings. The fourth-order valence-corrected chi connectivity index (χ4v) is 3.20. The second kappa shape index (κ2) is 6.15. The molecule has 2 N–H and O–H groups in total. The van der Waals surface area contributed by atoms with Crippen molar-refractivity contribution in [3.63, 3.8) is 0 Å². The van der Waals surface area contributed by atoms with Crippen LogP contribution in [-0.4, -0.2) is 30.8 Å². The number of benzene rings is 1. The maximum Gasteiger partial charge on any atom is 0.0434 e. The van der Waals surface area contributed by atoms with Gasteiger partial charge in [0.1, 0.15) is 0 Å². The van der Waals surface area contributed by atoms with Gasteiger partial charge in [0.05, 0.1) is 0 Å². The first-order valence-corrected chi connectivity index (χ1v) is 7.95. The summed E-state index contributed by atoms with van der Waals surface area (Å²) >= 11 is 0. The minimum Gasteiger partial charge on any atom is -0.396 e. The molecule has 0 radical (unpaired) electrons. The SMILES string of the molecule is Cc1cc(CNC2CC2)ccc1N1CCC(CCO)C1. The second-order valence-corrected chi connectivity index (χ2v) is 6.39. The molecule has 3 nitrogen and oxygen atoms in total. The van der Waals surface area contributed by atoms with Crippen LogP contribution in [0.5, 0.6) is 0 Å². The molecule has 20 heavy (non-hydrogen) atoms. The highest BCUT2D eigenvalue weighted by molar-refractivity contribution is 5.55. The van der Waals surface area contributed by atoms with Gasteiger partial charge in [-0.15, -0.1) is 0 Å². The van der Waals surface area contributed by atoms with Crippen LogP contribution in [0.15, 0.2) is 18.2 Å². The Morgan fingerprint density at radius 3 is 2.85 bits per heavy atom. The van der Waals surface area contributed by atoms with E-state index in [2.05, 4.69) is 35.3 Å². The van der Waals surface area contributed by atoms with Crippen LogP contribution in [0.2, 0.25) is 0 Å². The lowest BCUT2D eigenvalue weighted by molar-refractivity contribution is 0.263. The summed E-state index contributed by atoms with van der Waals surface area (Å²) in [5.74, 6) is 0.663. The number of aliphatic hydroxyl groups excluding tert-OH is 1. The third kappa shape index (κ3) is 3.33. The minimum absolute atomic E-state index is 0.323. The van der Waals surface area contributed by atoms with E-state index in [-0.39, 0.29) is 0 Å². The van der Waals surface area contributed by atoms with E-state index in [1.807, 2.05) is 0 Å². The zero-order chi connectivity index (χ0) is 13.9. The Morgan fingerprint density at radius 2 is 2.15 bits per heavy atom. The van der Waals surface area contributed by atoms with E-state index in [0.29, 0.717) is 12.5 Å². The molecule has 0 bridgehead atoms. The number of aliphatic hydroxyl groups is 1. The highest BCUT2D eigenvalue weighted by Gasteiger charge is 2.23. The van der Waals surface area contributed by atoms with Crippen LogP contribution in [0.4, 0.5) is 5.69 Å². The lowest BCUT2D eigenvalue weighted by Crippen LogP contribution is -2.21. The Morgan fingerprint density at radius 1 is 1.30 bits per heavy atom. The summed E-state index contributed by atoms with van der Waals surface area (Å²) in [6.45, 7) is 5.77. The first kappa shape index (κ1) is 13.9. The molecular formula is C17H26N2O. The summed E-state index contributed by atoms with van der Waals surface area (Å²) in [5, 5.41) is 12.6. The zero-order valence-corrected chi connectivity index (χ0v) is 12.4. The number of hydrogen-bond donors (Lipinski definition) is 2. The summed E-state index contributed by atoms with van der Waals surface area (Å²) in [5.41, 5.74) is 4.15. The topological polar surface area (TPSA) is 35.5 Å². The molecule has 1 aliphatic carbocycles. The lowest BCUT2D eigenvalue weighted by Gasteiger charge is -2.21. The van der Waals surface area contributed by atoms with Crippen LogP contribution in [-0.2, 0) is 6.54 Å². The van der Waals surface area contributed by atoms with E-state index in [0.717, 1.165) is 32.1 Å². The molecule has 1 atom stereocenters. The van der Waals surface area contributed by atoms with Crippen LogP contribution >= 0.6 is 0 Å². The number of anilines is 1. The molecule has 1 aliphatic heterocycles. The highest BCUT2D eigenvalue weighted by Crippen LogP contribution is 2.29. The first-order valence-electron chi connectivity index (χ1n) is 7.95. The number of nitrogens with one attached hydrogen (secondary N) is 1. The molecule has 0 spiro atoms. The summed E-state index contributed by atoms with van der Waals surface area (Å²) < 4.78 is 0. The zero-order valence-electron chi connectivity index (χ0n) is 12.4. The van der Waals surface area contributed by atoms with Crippen molar-refractivity contribution in [1.82, 2.24) is 5.32 Å². The van der Waals surface area contributed by atoms with Crippen LogP contribution in [0.3, 0.4) is 0 Å². The van der Waals surface area contributed by atoms with Gasteiger partial charge >= 0.3 is 0 Å². The maximum absolute atomic E-state index is 9.06. The second-order valence-electron chi connectivity index (χ2n) is 6.39. The molecule has 2 fully saturated rings. The standard InChI is InChI=1S/C17H26N2O/c1-13-10-15(11-18-16-3-4-16)2-5-17(13)19-8-6-14(12-19)7-9-20/h2,5,10,14,16,18,20H,3-4,6-9,11-12H2,1H3. The quantitative estimate of drug-likeness (QED) is 0.836. The lowest BCUT2D eigenvalue weighted by atomic mass is 10.1. The number of rotatable bonds is 6. The van der Waals surface area contributed by atoms with Gasteiger partial charge in [0, 0.05) is 38.0 Å². The predicted molar refractivity (Wildman–Crippen MR) is 83.1 cm³/mol. The number of aryl methyl sites for hydroxylation is 1. The summed E-state index contributed by atoms with van der Waals surface area (Å²) in [7, 11) is 0. The van der Waals surface area contributed by atoms with Crippen molar-refractivity contribution in [2.24, 2.45) is 5.92 Å². The van der Waals surface area contributed by atoms with Gasteiger partial charge in [0.25, 0.3) is 0 Å². The van der Waals surface area contributed by atoms with Crippen molar-refractivity contribution in [2.45, 2.75) is 45.2 Å². The van der Waals surface area contributed by atoms with E-state index in [9.17, 15) is 0 Å². The largest absolute Gasteiger partial charge is 0.396 e. The van der Waals surface area contributed by atoms with Gasteiger partial charge in [0.2, 0.25) is 0 Å². The number of hydrogen-bond acceptors (Lipinski definition) is 3. The molecule has 1 unspecified atom stereocenters. The van der Waals surface area contributed by atoms with E-state index < -0.39 is 0 Å². The van der Waals surface area contributed by atoms with Gasteiger partial charge in [-0.3, -0.25) is 0 Å². The van der Waals surface area contributed by atoms with Gasteiger partial charge in [0.15, 0.2) is 0 Å². The van der Waals surface area contributed by atoms with E-state index >= 15 is 0 Å². The molecule has 0 amide bonds. The van der Waals surface area contributed by atoms with E-state index in [1.54, 1.807) is 0 Å². The van der Waals surface area contributed by atoms with Crippen LogP contribution in [0, 0.1) is 12.8 Å². The number of nitrogens with zero attached hydrogens (tertiary/aromatic N) is 1. The molecule has 3 rings (SSSR count). The Bertz CT molecular complexity index is 456. The third-order valence-corrected chi connectivity index (χ3v) is 4.60. The van der Waals surface area contributed by atoms with Crippen molar-refractivity contribution < 1.29 is 5.11 Å². The molecular weight excluding hydrogens is 248 g/mol. The van der Waals surface area contributed by atoms with Gasteiger partial charge in [-0.2, -0.15) is 0 Å². The maximum atomic E-state index is 9.06. The Hall–Kier alpha value is -1.06. The molecule has 1 saturated carbocycles. The fourth-order valence-electron chi connectivity index (χ4n) is 3.20. The molecule has 110 valence electrons. The molecule has 3 heteroatoms. The fraction of sp³-hybridized carbons (Fsp3) is 0.647. The van der Waals surface area contributed by atoms with Crippen LogP contribution in [0.25, 0.3) is 0 Å². The molecule has 1 aromatic carbocycles. The summed E-state index contributed by atoms with van der Waals surface area (Å²) in [6.07, 6.45) is 4.85. The Balaban J connectivity index is 1.61. The van der Waals surface area contributed by atoms with Gasteiger partial charge in [-0.05, 0) is 55.7 Å². The highest BCUT2D eigenvalue weighted by atomic mass is 16.3. The van der Waals surface area contributed by atoms with E-state index in [1.165, 1.54) is 36.1 Å². The Kier molecular flexibility index (Phi) is 4.27. The van der Waals surface area contributed by atoms with Crippen LogP contribution in [0.1, 0.15) is 36.8 Å².